The zero-order valence-corrected chi connectivity index (χ0v) is 14.0. The molecule has 1 aromatic heterocycles. The number of nitrogens with one attached hydrogen (secondary N) is 2. The molecule has 0 saturated heterocycles. The Labute approximate surface area is 144 Å². The monoisotopic (exact) mass is 341 g/mol. The largest absolute Gasteiger partial charge is 0.507 e. The summed E-state index contributed by atoms with van der Waals surface area (Å²) in [6.45, 7) is 3.80. The number of rotatable bonds is 3. The highest BCUT2D eigenvalue weighted by Gasteiger charge is 2.16. The Kier molecular flexibility index (Phi) is 4.27. The van der Waals surface area contributed by atoms with Crippen molar-refractivity contribution in [2.45, 2.75) is 13.8 Å². The quantitative estimate of drug-likeness (QED) is 0.664. The van der Waals surface area contributed by atoms with Crippen LogP contribution >= 0.6 is 11.6 Å². The molecule has 2 aromatic carbocycles. The van der Waals surface area contributed by atoms with Crippen molar-refractivity contribution >= 4 is 23.2 Å². The van der Waals surface area contributed by atoms with E-state index in [4.69, 9.17) is 11.6 Å². The lowest BCUT2D eigenvalue weighted by atomic mass is 10.0. The minimum atomic E-state index is -0.355. The van der Waals surface area contributed by atoms with Crippen LogP contribution in [0.3, 0.4) is 0 Å². The fourth-order valence-corrected chi connectivity index (χ4v) is 2.78. The van der Waals surface area contributed by atoms with Crippen LogP contribution in [-0.2, 0) is 0 Å². The highest BCUT2D eigenvalue weighted by Crippen LogP contribution is 2.32. The Morgan fingerprint density at radius 1 is 1.21 bits per heavy atom. The molecule has 3 rings (SSSR count). The van der Waals surface area contributed by atoms with Gasteiger partial charge in [0.05, 0.1) is 16.4 Å². The molecule has 1 heterocycles. The number of aromatic hydroxyl groups is 1. The summed E-state index contributed by atoms with van der Waals surface area (Å²) in [5, 5.41) is 20.2. The number of carbonyl (C=O) groups is 1. The molecule has 0 spiro atoms. The number of halogens is 1. The smallest absolute Gasteiger partial charge is 0.273 e. The zero-order valence-electron chi connectivity index (χ0n) is 13.2. The van der Waals surface area contributed by atoms with Gasteiger partial charge in [-0.2, -0.15) is 5.10 Å². The highest BCUT2D eigenvalue weighted by atomic mass is 35.5. The van der Waals surface area contributed by atoms with E-state index in [1.54, 1.807) is 36.4 Å². The van der Waals surface area contributed by atoms with E-state index in [-0.39, 0.29) is 17.4 Å². The summed E-state index contributed by atoms with van der Waals surface area (Å²) < 4.78 is 0. The number of anilines is 1. The number of H-pyrrole nitrogens is 1. The van der Waals surface area contributed by atoms with Crippen LogP contribution in [0.2, 0.25) is 5.02 Å². The molecule has 0 atom stereocenters. The van der Waals surface area contributed by atoms with Crippen LogP contribution in [0.25, 0.3) is 11.3 Å². The van der Waals surface area contributed by atoms with Crippen molar-refractivity contribution in [1.82, 2.24) is 10.2 Å². The first-order valence-electron chi connectivity index (χ1n) is 7.37. The Morgan fingerprint density at radius 3 is 2.67 bits per heavy atom. The fraction of sp³-hybridized carbons (Fsp3) is 0.111. The summed E-state index contributed by atoms with van der Waals surface area (Å²) in [6, 6.07) is 12.2. The molecule has 0 radical (unpaired) electrons. The molecule has 0 aliphatic rings. The number of aromatic nitrogens is 2. The summed E-state index contributed by atoms with van der Waals surface area (Å²) in [7, 11) is 0. The summed E-state index contributed by atoms with van der Waals surface area (Å²) in [5.41, 5.74) is 3.76. The zero-order chi connectivity index (χ0) is 17.3. The highest BCUT2D eigenvalue weighted by molar-refractivity contribution is 6.33. The standard InChI is InChI=1S/C18H16ClN3O2/c1-10-7-11(2)17(16(23)8-10)14-9-15(22-21-14)18(24)20-13-6-4-3-5-12(13)19/h3-9,23H,1-2H3,(H,20,24)(H,21,22). The first-order valence-corrected chi connectivity index (χ1v) is 7.75. The van der Waals surface area contributed by atoms with Gasteiger partial charge in [-0.3, -0.25) is 9.89 Å². The van der Waals surface area contributed by atoms with Gasteiger partial charge in [-0.15, -0.1) is 0 Å². The molecule has 3 N–H and O–H groups in total. The van der Waals surface area contributed by atoms with Gasteiger partial charge >= 0.3 is 0 Å². The minimum absolute atomic E-state index is 0.136. The number of benzene rings is 2. The van der Waals surface area contributed by atoms with E-state index in [0.29, 0.717) is 22.0 Å². The minimum Gasteiger partial charge on any atom is -0.507 e. The number of amides is 1. The van der Waals surface area contributed by atoms with Crippen LogP contribution < -0.4 is 5.32 Å². The Hall–Kier alpha value is -2.79. The van der Waals surface area contributed by atoms with Gasteiger partial charge in [0.1, 0.15) is 11.4 Å². The number of phenolic OH excluding ortho intramolecular Hbond substituents is 1. The predicted molar refractivity (Wildman–Crippen MR) is 94.6 cm³/mol. The normalized spacial score (nSPS) is 10.6. The third kappa shape index (κ3) is 3.12. The van der Waals surface area contributed by atoms with Crippen LogP contribution in [0.4, 0.5) is 5.69 Å². The number of para-hydroxylation sites is 1. The van der Waals surface area contributed by atoms with Crippen molar-refractivity contribution in [3.63, 3.8) is 0 Å². The second kappa shape index (κ2) is 6.37. The molecule has 6 heteroatoms. The number of carbonyl (C=O) groups excluding carboxylic acids is 1. The van der Waals surface area contributed by atoms with Crippen LogP contribution in [0.1, 0.15) is 21.6 Å². The van der Waals surface area contributed by atoms with Crippen molar-refractivity contribution in [1.29, 1.82) is 0 Å². The molecule has 1 amide bonds. The Morgan fingerprint density at radius 2 is 1.96 bits per heavy atom. The van der Waals surface area contributed by atoms with Gasteiger partial charge in [0.15, 0.2) is 0 Å². The lowest BCUT2D eigenvalue weighted by molar-refractivity contribution is 0.102. The van der Waals surface area contributed by atoms with Gasteiger partial charge in [-0.25, -0.2) is 0 Å². The number of hydrogen-bond acceptors (Lipinski definition) is 3. The first-order chi connectivity index (χ1) is 11.5. The maximum Gasteiger partial charge on any atom is 0.273 e. The van der Waals surface area contributed by atoms with E-state index < -0.39 is 0 Å². The van der Waals surface area contributed by atoms with E-state index in [1.165, 1.54) is 0 Å². The average Bonchev–Trinajstić information content (AvgIpc) is 2.98. The van der Waals surface area contributed by atoms with Crippen LogP contribution in [0.5, 0.6) is 5.75 Å². The van der Waals surface area contributed by atoms with Crippen LogP contribution in [0, 0.1) is 13.8 Å². The van der Waals surface area contributed by atoms with Crippen molar-refractivity contribution in [2.75, 3.05) is 5.32 Å². The molecule has 3 aromatic rings. The van der Waals surface area contributed by atoms with E-state index >= 15 is 0 Å². The number of hydrogen-bond donors (Lipinski definition) is 3. The molecule has 0 aliphatic heterocycles. The molecule has 0 aliphatic carbocycles. The Balaban J connectivity index is 1.89. The predicted octanol–water partition coefficient (Wildman–Crippen LogP) is 4.30. The lowest BCUT2D eigenvalue weighted by Gasteiger charge is -2.07. The third-order valence-corrected chi connectivity index (χ3v) is 3.99. The maximum absolute atomic E-state index is 12.3. The van der Waals surface area contributed by atoms with Crippen molar-refractivity contribution < 1.29 is 9.90 Å². The van der Waals surface area contributed by atoms with Gasteiger partial charge in [0.25, 0.3) is 5.91 Å². The van der Waals surface area contributed by atoms with Gasteiger partial charge in [0.2, 0.25) is 0 Å². The fourth-order valence-electron chi connectivity index (χ4n) is 2.60. The molecular formula is C18H16ClN3O2. The van der Waals surface area contributed by atoms with Crippen molar-refractivity contribution in [3.8, 4) is 17.0 Å². The third-order valence-electron chi connectivity index (χ3n) is 3.66. The number of aromatic amines is 1. The van der Waals surface area contributed by atoms with Crippen molar-refractivity contribution in [2.24, 2.45) is 0 Å². The lowest BCUT2D eigenvalue weighted by Crippen LogP contribution is -2.12. The molecule has 0 bridgehead atoms. The van der Waals surface area contributed by atoms with E-state index in [9.17, 15) is 9.90 Å². The van der Waals surface area contributed by atoms with E-state index in [2.05, 4.69) is 15.5 Å². The van der Waals surface area contributed by atoms with Gasteiger partial charge < -0.3 is 10.4 Å². The number of nitrogens with zero attached hydrogens (tertiary/aromatic N) is 1. The summed E-state index contributed by atoms with van der Waals surface area (Å²) in [4.78, 5) is 12.3. The molecule has 122 valence electrons. The SMILES string of the molecule is Cc1cc(C)c(-c2cc(C(=O)Nc3ccccc3Cl)[nH]n2)c(O)c1. The molecule has 0 fully saturated rings. The molecule has 5 nitrogen and oxygen atoms in total. The first kappa shape index (κ1) is 16.1. The number of phenols is 1. The van der Waals surface area contributed by atoms with Gasteiger partial charge in [-0.1, -0.05) is 29.8 Å². The summed E-state index contributed by atoms with van der Waals surface area (Å²) in [5.74, 6) is -0.219. The second-order valence-electron chi connectivity index (χ2n) is 5.58. The summed E-state index contributed by atoms with van der Waals surface area (Å²) in [6.07, 6.45) is 0. The van der Waals surface area contributed by atoms with E-state index in [1.807, 2.05) is 19.9 Å². The van der Waals surface area contributed by atoms with Crippen LogP contribution in [-0.4, -0.2) is 21.2 Å². The van der Waals surface area contributed by atoms with E-state index in [0.717, 1.165) is 11.1 Å². The van der Waals surface area contributed by atoms with Crippen LogP contribution in [0.15, 0.2) is 42.5 Å². The summed E-state index contributed by atoms with van der Waals surface area (Å²) >= 11 is 6.04. The number of aryl methyl sites for hydroxylation is 2. The molecule has 0 saturated carbocycles. The molecule has 24 heavy (non-hydrogen) atoms. The van der Waals surface area contributed by atoms with Gasteiger partial charge in [0, 0.05) is 5.56 Å². The molecule has 0 unspecified atom stereocenters. The average molecular weight is 342 g/mol. The topological polar surface area (TPSA) is 78.0 Å². The molecular weight excluding hydrogens is 326 g/mol. The second-order valence-corrected chi connectivity index (χ2v) is 5.98. The maximum atomic E-state index is 12.3. The van der Waals surface area contributed by atoms with Crippen molar-refractivity contribution in [3.05, 3.63) is 64.3 Å². The van der Waals surface area contributed by atoms with Gasteiger partial charge in [-0.05, 0) is 49.2 Å². The Bertz CT molecular complexity index is 895.